The van der Waals surface area contributed by atoms with Gasteiger partial charge in [-0.3, -0.25) is 19.8 Å². The molecule has 134 valence electrons. The molecule has 2 aromatic rings. The number of hydrogen-bond acceptors (Lipinski definition) is 3. The maximum absolute atomic E-state index is 13.0. The molecule has 0 spiro atoms. The van der Waals surface area contributed by atoms with Crippen molar-refractivity contribution in [1.29, 1.82) is 0 Å². The van der Waals surface area contributed by atoms with E-state index in [0.717, 1.165) is 16.8 Å². The van der Waals surface area contributed by atoms with E-state index in [4.69, 9.17) is 12.2 Å². The van der Waals surface area contributed by atoms with Crippen molar-refractivity contribution >= 4 is 40.9 Å². The summed E-state index contributed by atoms with van der Waals surface area (Å²) in [4.78, 5) is 26.7. The Morgan fingerprint density at radius 3 is 2.50 bits per heavy atom. The third-order valence-electron chi connectivity index (χ3n) is 4.30. The van der Waals surface area contributed by atoms with E-state index in [9.17, 15) is 9.59 Å². The van der Waals surface area contributed by atoms with Crippen LogP contribution < -0.4 is 10.2 Å². The Bertz CT molecular complexity index is 940. The first-order valence-corrected chi connectivity index (χ1v) is 8.85. The van der Waals surface area contributed by atoms with Crippen LogP contribution in [0, 0.1) is 13.8 Å². The molecule has 0 bridgehead atoms. The van der Waals surface area contributed by atoms with Crippen LogP contribution in [0.1, 0.15) is 36.7 Å². The smallest absolute Gasteiger partial charge is 0.270 e. The van der Waals surface area contributed by atoms with Crippen molar-refractivity contribution in [2.45, 2.75) is 33.7 Å². The Morgan fingerprint density at radius 1 is 1.15 bits per heavy atom. The first kappa shape index (κ1) is 18.1. The number of aryl methyl sites for hydroxylation is 2. The van der Waals surface area contributed by atoms with Crippen molar-refractivity contribution in [2.75, 3.05) is 4.90 Å². The molecule has 26 heavy (non-hydrogen) atoms. The number of carbonyl (C=O) groups excluding carboxylic acids is 2. The molecule has 1 saturated heterocycles. The fourth-order valence-corrected chi connectivity index (χ4v) is 3.36. The topological polar surface area (TPSA) is 54.3 Å². The molecule has 0 atom stereocenters. The molecular formula is C20H21N3O2S. The zero-order chi connectivity index (χ0) is 19.0. The van der Waals surface area contributed by atoms with E-state index in [2.05, 4.69) is 23.7 Å². The fraction of sp³-hybridized carbons (Fsp3) is 0.250. The molecule has 0 radical (unpaired) electrons. The third-order valence-corrected chi connectivity index (χ3v) is 4.58. The van der Waals surface area contributed by atoms with Crippen molar-refractivity contribution in [3.05, 3.63) is 58.9 Å². The third kappa shape index (κ3) is 3.32. The second-order valence-corrected chi connectivity index (χ2v) is 7.10. The Labute approximate surface area is 158 Å². The van der Waals surface area contributed by atoms with E-state index >= 15 is 0 Å². The lowest BCUT2D eigenvalue weighted by molar-refractivity contribution is -0.122. The van der Waals surface area contributed by atoms with Crippen molar-refractivity contribution in [3.63, 3.8) is 0 Å². The molecule has 6 heteroatoms. The largest absolute Gasteiger partial charge is 0.349 e. The Balaban J connectivity index is 2.01. The monoisotopic (exact) mass is 367 g/mol. The Morgan fingerprint density at radius 2 is 1.88 bits per heavy atom. The second-order valence-electron chi connectivity index (χ2n) is 6.71. The molecule has 0 aliphatic carbocycles. The van der Waals surface area contributed by atoms with Crippen LogP contribution >= 0.6 is 12.2 Å². The van der Waals surface area contributed by atoms with Crippen LogP contribution in [0.3, 0.4) is 0 Å². The first-order chi connectivity index (χ1) is 12.3. The zero-order valence-corrected chi connectivity index (χ0v) is 16.1. The van der Waals surface area contributed by atoms with Crippen molar-refractivity contribution < 1.29 is 9.59 Å². The van der Waals surface area contributed by atoms with E-state index in [0.29, 0.717) is 11.7 Å². The number of benzene rings is 1. The number of aromatic nitrogens is 1. The van der Waals surface area contributed by atoms with Gasteiger partial charge in [-0.2, -0.15) is 0 Å². The molecule has 0 saturated carbocycles. The van der Waals surface area contributed by atoms with Crippen LogP contribution in [-0.4, -0.2) is 21.5 Å². The zero-order valence-electron chi connectivity index (χ0n) is 15.2. The maximum atomic E-state index is 13.0. The molecule has 3 rings (SSSR count). The van der Waals surface area contributed by atoms with E-state index in [1.807, 2.05) is 44.3 Å². The molecule has 5 nitrogen and oxygen atoms in total. The highest BCUT2D eigenvalue weighted by Crippen LogP contribution is 2.24. The summed E-state index contributed by atoms with van der Waals surface area (Å²) in [6, 6.07) is 9.71. The second kappa shape index (κ2) is 6.88. The number of nitrogens with zero attached hydrogens (tertiary/aromatic N) is 2. The minimum absolute atomic E-state index is 0.0704. The predicted molar refractivity (Wildman–Crippen MR) is 107 cm³/mol. The summed E-state index contributed by atoms with van der Waals surface area (Å²) >= 11 is 5.23. The number of amides is 2. The summed E-state index contributed by atoms with van der Waals surface area (Å²) in [6.07, 6.45) is 3.56. The van der Waals surface area contributed by atoms with Crippen LogP contribution in [0.5, 0.6) is 0 Å². The molecule has 1 fully saturated rings. The van der Waals surface area contributed by atoms with Crippen LogP contribution in [-0.2, 0) is 9.59 Å². The molecule has 1 aromatic carbocycles. The van der Waals surface area contributed by atoms with Gasteiger partial charge in [0, 0.05) is 17.9 Å². The van der Waals surface area contributed by atoms with Gasteiger partial charge >= 0.3 is 0 Å². The number of rotatable bonds is 3. The molecule has 2 amide bonds. The molecular weight excluding hydrogens is 346 g/mol. The summed E-state index contributed by atoms with van der Waals surface area (Å²) in [5.74, 6) is -0.891. The summed E-state index contributed by atoms with van der Waals surface area (Å²) in [6.45, 7) is 8.10. The van der Waals surface area contributed by atoms with Gasteiger partial charge in [-0.05, 0) is 75.3 Å². The Kier molecular flexibility index (Phi) is 4.78. The van der Waals surface area contributed by atoms with E-state index in [1.54, 1.807) is 12.1 Å². The number of thiocarbonyl (C=S) groups is 1. The lowest BCUT2D eigenvalue weighted by atomic mass is 10.1. The quantitative estimate of drug-likeness (QED) is 0.513. The van der Waals surface area contributed by atoms with Gasteiger partial charge in [0.15, 0.2) is 5.11 Å². The van der Waals surface area contributed by atoms with Crippen LogP contribution in [0.4, 0.5) is 5.69 Å². The fourth-order valence-electron chi connectivity index (χ4n) is 3.08. The molecule has 1 aliphatic rings. The number of nitrogens with one attached hydrogen (secondary N) is 1. The van der Waals surface area contributed by atoms with Gasteiger partial charge in [0.25, 0.3) is 11.8 Å². The summed E-state index contributed by atoms with van der Waals surface area (Å²) < 4.78 is 2.10. The first-order valence-electron chi connectivity index (χ1n) is 8.44. The number of anilines is 1. The normalized spacial score (nSPS) is 16.6. The molecule has 1 aromatic heterocycles. The predicted octanol–water partition coefficient (Wildman–Crippen LogP) is 3.52. The van der Waals surface area contributed by atoms with Crippen LogP contribution in [0.2, 0.25) is 0 Å². The summed E-state index contributed by atoms with van der Waals surface area (Å²) in [5, 5.41) is 2.71. The number of hydrogen-bond donors (Lipinski definition) is 1. The van der Waals surface area contributed by atoms with Gasteiger partial charge in [0.05, 0.1) is 5.69 Å². The minimum atomic E-state index is -0.473. The van der Waals surface area contributed by atoms with Gasteiger partial charge in [-0.15, -0.1) is 0 Å². The van der Waals surface area contributed by atoms with E-state index < -0.39 is 11.8 Å². The van der Waals surface area contributed by atoms with Crippen LogP contribution in [0.25, 0.3) is 6.08 Å². The van der Waals surface area contributed by atoms with Crippen molar-refractivity contribution in [3.8, 4) is 0 Å². The highest BCUT2D eigenvalue weighted by atomic mass is 32.1. The average molecular weight is 367 g/mol. The van der Waals surface area contributed by atoms with E-state index in [1.165, 1.54) is 4.90 Å². The average Bonchev–Trinajstić information content (AvgIpc) is 2.92. The Hall–Kier alpha value is -2.73. The number of carbonyl (C=O) groups is 2. The summed E-state index contributed by atoms with van der Waals surface area (Å²) in [5.41, 5.74) is 3.60. The SMILES string of the molecule is Cc1cccc(N2C(=O)/C(=C\c3cc(C)n(C(C)C)c3)C(=O)NC2=S)c1. The van der Waals surface area contributed by atoms with Gasteiger partial charge in [0.1, 0.15) is 5.57 Å². The lowest BCUT2D eigenvalue weighted by Gasteiger charge is -2.29. The minimum Gasteiger partial charge on any atom is -0.349 e. The van der Waals surface area contributed by atoms with Gasteiger partial charge in [-0.1, -0.05) is 12.1 Å². The summed E-state index contributed by atoms with van der Waals surface area (Å²) in [7, 11) is 0. The highest BCUT2D eigenvalue weighted by molar-refractivity contribution is 7.80. The molecule has 2 heterocycles. The van der Waals surface area contributed by atoms with E-state index in [-0.39, 0.29) is 10.7 Å². The maximum Gasteiger partial charge on any atom is 0.270 e. The standard InChI is InChI=1S/C20H21N3O2S/c1-12(2)22-11-15(9-14(22)4)10-17-18(24)21-20(26)23(19(17)25)16-7-5-6-13(3)8-16/h5-12H,1-4H3,(H,21,24,26)/b17-10-. The van der Waals surface area contributed by atoms with Gasteiger partial charge in [-0.25, -0.2) is 0 Å². The molecule has 1 aliphatic heterocycles. The molecule has 1 N–H and O–H groups in total. The van der Waals surface area contributed by atoms with Crippen LogP contribution in [0.15, 0.2) is 42.1 Å². The van der Waals surface area contributed by atoms with Gasteiger partial charge < -0.3 is 4.57 Å². The van der Waals surface area contributed by atoms with Crippen molar-refractivity contribution in [2.24, 2.45) is 0 Å². The van der Waals surface area contributed by atoms with Gasteiger partial charge in [0.2, 0.25) is 0 Å². The molecule has 0 unspecified atom stereocenters. The highest BCUT2D eigenvalue weighted by Gasteiger charge is 2.34. The lowest BCUT2D eigenvalue weighted by Crippen LogP contribution is -2.54. The van der Waals surface area contributed by atoms with Crippen molar-refractivity contribution in [1.82, 2.24) is 9.88 Å².